The highest BCUT2D eigenvalue weighted by Gasteiger charge is 2.02. The highest BCUT2D eigenvalue weighted by molar-refractivity contribution is 6.30. The van der Waals surface area contributed by atoms with Gasteiger partial charge in [0, 0.05) is 22.3 Å². The van der Waals surface area contributed by atoms with E-state index in [4.69, 9.17) is 11.6 Å². The lowest BCUT2D eigenvalue weighted by Gasteiger charge is -1.99. The SMILES string of the molecule is [O-][N+](=Nc1ccccc1)c1ccc(Cl)cc1. The molecule has 0 unspecified atom stereocenters. The fourth-order valence-corrected chi connectivity index (χ4v) is 1.35. The summed E-state index contributed by atoms with van der Waals surface area (Å²) in [5, 5.41) is 16.1. The lowest BCUT2D eigenvalue weighted by molar-refractivity contribution is -0.435. The van der Waals surface area contributed by atoms with Gasteiger partial charge in [-0.05, 0) is 24.3 Å². The molecule has 0 N–H and O–H groups in total. The molecule has 0 spiro atoms. The lowest BCUT2D eigenvalue weighted by Crippen LogP contribution is -1.89. The summed E-state index contributed by atoms with van der Waals surface area (Å²) in [5.74, 6) is 0. The quantitative estimate of drug-likeness (QED) is 0.433. The smallest absolute Gasteiger partial charge is 0.245 e. The predicted octanol–water partition coefficient (Wildman–Crippen LogP) is 4.27. The number of hydrogen-bond donors (Lipinski definition) is 0. The molecule has 0 amide bonds. The first-order valence-electron chi connectivity index (χ1n) is 4.75. The standard InChI is InChI=1S/C12H9ClN2O/c13-10-6-8-12(9-7-10)15(16)14-11-4-2-1-3-5-11/h1-9H. The van der Waals surface area contributed by atoms with E-state index in [0.29, 0.717) is 21.3 Å². The monoisotopic (exact) mass is 232 g/mol. The molecule has 0 saturated carbocycles. The lowest BCUT2D eigenvalue weighted by atomic mass is 10.3. The molecule has 0 bridgehead atoms. The topological polar surface area (TPSA) is 38.4 Å². The van der Waals surface area contributed by atoms with Crippen molar-refractivity contribution in [2.45, 2.75) is 0 Å². The Balaban J connectivity index is 2.28. The number of rotatable bonds is 2. The summed E-state index contributed by atoms with van der Waals surface area (Å²) < 4.78 is 0. The molecule has 0 heterocycles. The molecular weight excluding hydrogens is 224 g/mol. The Morgan fingerprint density at radius 1 is 0.938 bits per heavy atom. The van der Waals surface area contributed by atoms with Crippen LogP contribution in [0, 0.1) is 5.21 Å². The highest BCUT2D eigenvalue weighted by Crippen LogP contribution is 2.19. The predicted molar refractivity (Wildman–Crippen MR) is 63.3 cm³/mol. The van der Waals surface area contributed by atoms with Gasteiger partial charge in [-0.1, -0.05) is 34.7 Å². The fourth-order valence-electron chi connectivity index (χ4n) is 1.23. The maximum absolute atomic E-state index is 11.6. The molecular formula is C12H9ClN2O. The van der Waals surface area contributed by atoms with Crippen LogP contribution in [0.4, 0.5) is 11.4 Å². The van der Waals surface area contributed by atoms with Gasteiger partial charge in [-0.25, -0.2) is 0 Å². The van der Waals surface area contributed by atoms with Crippen LogP contribution in [0.1, 0.15) is 0 Å². The minimum absolute atomic E-state index is 0.452. The van der Waals surface area contributed by atoms with Crippen molar-refractivity contribution in [2.75, 3.05) is 0 Å². The molecule has 0 aliphatic heterocycles. The second kappa shape index (κ2) is 4.77. The molecule has 2 aromatic rings. The summed E-state index contributed by atoms with van der Waals surface area (Å²) >= 11 is 5.73. The summed E-state index contributed by atoms with van der Waals surface area (Å²) in [5.41, 5.74) is 1.07. The van der Waals surface area contributed by atoms with Crippen LogP contribution in [0.15, 0.2) is 59.7 Å². The van der Waals surface area contributed by atoms with E-state index in [9.17, 15) is 5.21 Å². The molecule has 0 aromatic heterocycles. The van der Waals surface area contributed by atoms with Gasteiger partial charge < -0.3 is 5.21 Å². The van der Waals surface area contributed by atoms with Crippen molar-refractivity contribution in [3.05, 3.63) is 64.8 Å². The van der Waals surface area contributed by atoms with Gasteiger partial charge in [-0.3, -0.25) is 0 Å². The van der Waals surface area contributed by atoms with Crippen molar-refractivity contribution < 1.29 is 4.86 Å². The van der Waals surface area contributed by atoms with E-state index in [1.807, 2.05) is 18.2 Å². The first-order valence-corrected chi connectivity index (χ1v) is 5.13. The third-order valence-corrected chi connectivity index (χ3v) is 2.26. The van der Waals surface area contributed by atoms with Gasteiger partial charge in [0.25, 0.3) is 0 Å². The van der Waals surface area contributed by atoms with E-state index < -0.39 is 0 Å². The zero-order valence-corrected chi connectivity index (χ0v) is 9.13. The van der Waals surface area contributed by atoms with E-state index in [1.165, 1.54) is 0 Å². The Bertz CT molecular complexity index is 494. The summed E-state index contributed by atoms with van der Waals surface area (Å²) in [6, 6.07) is 15.6. The van der Waals surface area contributed by atoms with E-state index >= 15 is 0 Å². The normalized spacial score (nSPS) is 11.4. The van der Waals surface area contributed by atoms with Crippen molar-refractivity contribution in [2.24, 2.45) is 5.11 Å². The average Bonchev–Trinajstić information content (AvgIpc) is 2.31. The van der Waals surface area contributed by atoms with Crippen LogP contribution in [0.3, 0.4) is 0 Å². The minimum atomic E-state index is 0.452. The van der Waals surface area contributed by atoms with Gasteiger partial charge in [0.1, 0.15) is 5.69 Å². The number of halogens is 1. The second-order valence-electron chi connectivity index (χ2n) is 3.18. The molecule has 4 heteroatoms. The number of hydrogen-bond acceptors (Lipinski definition) is 2. The van der Waals surface area contributed by atoms with Gasteiger partial charge in [0.15, 0.2) is 0 Å². The Kier molecular flexibility index (Phi) is 3.17. The van der Waals surface area contributed by atoms with Crippen LogP contribution < -0.4 is 0 Å². The maximum Gasteiger partial charge on any atom is 0.245 e. The Morgan fingerprint density at radius 3 is 2.19 bits per heavy atom. The zero-order valence-electron chi connectivity index (χ0n) is 8.38. The Morgan fingerprint density at radius 2 is 1.56 bits per heavy atom. The molecule has 0 atom stereocenters. The third-order valence-electron chi connectivity index (χ3n) is 2.01. The van der Waals surface area contributed by atoms with Crippen molar-refractivity contribution in [1.29, 1.82) is 0 Å². The summed E-state index contributed by atoms with van der Waals surface area (Å²) in [4.78, 5) is 0.575. The second-order valence-corrected chi connectivity index (χ2v) is 3.62. The van der Waals surface area contributed by atoms with Crippen molar-refractivity contribution in [3.8, 4) is 0 Å². The van der Waals surface area contributed by atoms with Crippen LogP contribution >= 0.6 is 11.6 Å². The van der Waals surface area contributed by atoms with Crippen LogP contribution in [0.5, 0.6) is 0 Å². The number of benzene rings is 2. The zero-order chi connectivity index (χ0) is 11.4. The molecule has 0 fully saturated rings. The molecule has 2 rings (SSSR count). The average molecular weight is 233 g/mol. The van der Waals surface area contributed by atoms with Crippen LogP contribution in [-0.4, -0.2) is 4.86 Å². The molecule has 16 heavy (non-hydrogen) atoms. The fraction of sp³-hybridized carbons (Fsp3) is 0. The van der Waals surface area contributed by atoms with E-state index in [-0.39, 0.29) is 0 Å². The van der Waals surface area contributed by atoms with E-state index in [0.717, 1.165) is 0 Å². The van der Waals surface area contributed by atoms with Crippen LogP contribution in [0.2, 0.25) is 5.02 Å². The Hall–Kier alpha value is -1.87. The first-order chi connectivity index (χ1) is 7.75. The minimum Gasteiger partial charge on any atom is -0.594 e. The van der Waals surface area contributed by atoms with E-state index in [1.54, 1.807) is 36.4 Å². The van der Waals surface area contributed by atoms with Gasteiger partial charge in [-0.2, -0.15) is 0 Å². The van der Waals surface area contributed by atoms with Crippen LogP contribution in [0.25, 0.3) is 0 Å². The first kappa shape index (κ1) is 10.6. The molecule has 0 aliphatic rings. The maximum atomic E-state index is 11.6. The highest BCUT2D eigenvalue weighted by atomic mass is 35.5. The Labute approximate surface area is 98.2 Å². The van der Waals surface area contributed by atoms with Crippen molar-refractivity contribution in [3.63, 3.8) is 0 Å². The third kappa shape index (κ3) is 2.58. The van der Waals surface area contributed by atoms with Gasteiger partial charge >= 0.3 is 0 Å². The van der Waals surface area contributed by atoms with Crippen molar-refractivity contribution in [1.82, 2.24) is 0 Å². The number of azo groups is 1. The summed E-state index contributed by atoms with van der Waals surface area (Å²) in [6.07, 6.45) is 0. The van der Waals surface area contributed by atoms with Gasteiger partial charge in [-0.15, -0.1) is 0 Å². The molecule has 0 radical (unpaired) electrons. The van der Waals surface area contributed by atoms with Crippen molar-refractivity contribution >= 4 is 23.0 Å². The summed E-state index contributed by atoms with van der Waals surface area (Å²) in [7, 11) is 0. The molecule has 80 valence electrons. The largest absolute Gasteiger partial charge is 0.594 e. The summed E-state index contributed by atoms with van der Waals surface area (Å²) in [6.45, 7) is 0. The van der Waals surface area contributed by atoms with Gasteiger partial charge in [0.05, 0.1) is 0 Å². The molecule has 0 saturated heterocycles. The van der Waals surface area contributed by atoms with E-state index in [2.05, 4.69) is 5.11 Å². The molecule has 2 aromatic carbocycles. The molecule has 3 nitrogen and oxygen atoms in total. The van der Waals surface area contributed by atoms with Gasteiger partial charge in [0.2, 0.25) is 5.69 Å². The van der Waals surface area contributed by atoms with Crippen LogP contribution in [-0.2, 0) is 0 Å². The molecule has 0 aliphatic carbocycles. The number of nitrogens with zero attached hydrogens (tertiary/aromatic N) is 2.